The Morgan fingerprint density at radius 3 is 2.74 bits per heavy atom. The first kappa shape index (κ1) is 19.0. The molecule has 1 aliphatic heterocycles. The van der Waals surface area contributed by atoms with Crippen LogP contribution in [0.4, 0.5) is 5.69 Å². The van der Waals surface area contributed by atoms with Crippen LogP contribution in [0.5, 0.6) is 0 Å². The first-order valence-corrected chi connectivity index (χ1v) is 8.76. The van der Waals surface area contributed by atoms with Crippen LogP contribution in [0.15, 0.2) is 12.3 Å². The van der Waals surface area contributed by atoms with Crippen molar-refractivity contribution in [3.63, 3.8) is 0 Å². The van der Waals surface area contributed by atoms with Crippen molar-refractivity contribution in [1.82, 2.24) is 29.8 Å². The minimum atomic E-state index is -0.440. The van der Waals surface area contributed by atoms with Gasteiger partial charge >= 0.3 is 5.69 Å². The predicted octanol–water partition coefficient (Wildman–Crippen LogP) is 0.172. The highest BCUT2D eigenvalue weighted by Gasteiger charge is 2.22. The van der Waals surface area contributed by atoms with Crippen molar-refractivity contribution in [2.45, 2.75) is 20.5 Å². The lowest BCUT2D eigenvalue weighted by molar-refractivity contribution is -0.386. The second-order valence-electron chi connectivity index (χ2n) is 6.37. The first-order valence-electron chi connectivity index (χ1n) is 8.76. The van der Waals surface area contributed by atoms with Gasteiger partial charge in [-0.1, -0.05) is 0 Å². The molecule has 1 amide bonds. The SMILES string of the molecule is Cc1nn(Cn2ccc(C(=O)NCCN3CCOCC3)n2)c(C)c1[N+](=O)[O-]. The number of carbonyl (C=O) groups excluding carboxylic acids is 1. The summed E-state index contributed by atoms with van der Waals surface area (Å²) in [6.07, 6.45) is 1.65. The third kappa shape index (κ3) is 4.49. The van der Waals surface area contributed by atoms with Crippen molar-refractivity contribution in [3.8, 4) is 0 Å². The van der Waals surface area contributed by atoms with E-state index in [4.69, 9.17) is 4.74 Å². The van der Waals surface area contributed by atoms with Crippen molar-refractivity contribution >= 4 is 11.6 Å². The maximum atomic E-state index is 12.2. The van der Waals surface area contributed by atoms with Crippen LogP contribution in [-0.2, 0) is 11.4 Å². The van der Waals surface area contributed by atoms with Gasteiger partial charge in [0.25, 0.3) is 5.91 Å². The Hall–Kier alpha value is -2.79. The maximum absolute atomic E-state index is 12.2. The molecule has 3 rings (SSSR count). The summed E-state index contributed by atoms with van der Waals surface area (Å²) in [7, 11) is 0. The zero-order chi connectivity index (χ0) is 19.4. The van der Waals surface area contributed by atoms with Gasteiger partial charge in [0.1, 0.15) is 23.8 Å². The van der Waals surface area contributed by atoms with E-state index in [1.807, 2.05) is 0 Å². The predicted molar refractivity (Wildman–Crippen MR) is 95.6 cm³/mol. The molecule has 1 saturated heterocycles. The average molecular weight is 377 g/mol. The molecular formula is C16H23N7O4. The van der Waals surface area contributed by atoms with E-state index in [1.165, 1.54) is 9.36 Å². The van der Waals surface area contributed by atoms with E-state index in [2.05, 4.69) is 20.4 Å². The molecule has 0 saturated carbocycles. The van der Waals surface area contributed by atoms with E-state index in [1.54, 1.807) is 26.1 Å². The Labute approximate surface area is 156 Å². The Bertz CT molecular complexity index is 823. The lowest BCUT2D eigenvalue weighted by atomic mass is 10.3. The van der Waals surface area contributed by atoms with Crippen molar-refractivity contribution in [2.75, 3.05) is 39.4 Å². The normalized spacial score (nSPS) is 15.0. The average Bonchev–Trinajstić information content (AvgIpc) is 3.21. The zero-order valence-corrected chi connectivity index (χ0v) is 15.4. The highest BCUT2D eigenvalue weighted by atomic mass is 16.6. The standard InChI is InChI=1S/C16H23N7O4/c1-12-15(23(25)26)13(2)22(18-12)11-21-5-3-14(19-21)16(24)17-4-6-20-7-9-27-10-8-20/h3,5H,4,6-11H2,1-2H3,(H,17,24). The maximum Gasteiger partial charge on any atom is 0.312 e. The second-order valence-corrected chi connectivity index (χ2v) is 6.37. The highest BCUT2D eigenvalue weighted by molar-refractivity contribution is 5.92. The summed E-state index contributed by atoms with van der Waals surface area (Å²) in [5.41, 5.74) is 1.10. The third-order valence-corrected chi connectivity index (χ3v) is 4.50. The number of nitrogens with one attached hydrogen (secondary N) is 1. The molecule has 0 bridgehead atoms. The molecule has 1 N–H and O–H groups in total. The number of rotatable bonds is 7. The molecule has 146 valence electrons. The van der Waals surface area contributed by atoms with Gasteiger partial charge in [0.15, 0.2) is 0 Å². The van der Waals surface area contributed by atoms with Gasteiger partial charge in [-0.25, -0.2) is 4.68 Å². The molecule has 0 aliphatic carbocycles. The molecule has 0 unspecified atom stereocenters. The highest BCUT2D eigenvalue weighted by Crippen LogP contribution is 2.21. The fourth-order valence-electron chi connectivity index (χ4n) is 3.03. The Kier molecular flexibility index (Phi) is 5.81. The molecule has 1 fully saturated rings. The van der Waals surface area contributed by atoms with Crippen LogP contribution in [0.1, 0.15) is 21.9 Å². The number of aryl methyl sites for hydroxylation is 1. The number of morpholine rings is 1. The molecular weight excluding hydrogens is 354 g/mol. The number of carbonyl (C=O) groups is 1. The molecule has 3 heterocycles. The van der Waals surface area contributed by atoms with Crippen molar-refractivity contribution < 1.29 is 14.5 Å². The van der Waals surface area contributed by atoms with Gasteiger partial charge in [-0.3, -0.25) is 24.5 Å². The molecule has 0 radical (unpaired) electrons. The number of amides is 1. The topological polar surface area (TPSA) is 120 Å². The number of nitrogens with zero attached hydrogens (tertiary/aromatic N) is 6. The van der Waals surface area contributed by atoms with Gasteiger partial charge in [-0.2, -0.15) is 10.2 Å². The smallest absolute Gasteiger partial charge is 0.312 e. The molecule has 0 atom stereocenters. The van der Waals surface area contributed by atoms with Crippen molar-refractivity contribution in [3.05, 3.63) is 39.5 Å². The van der Waals surface area contributed by atoms with E-state index in [9.17, 15) is 14.9 Å². The van der Waals surface area contributed by atoms with Crippen LogP contribution >= 0.6 is 0 Å². The largest absolute Gasteiger partial charge is 0.379 e. The van der Waals surface area contributed by atoms with Crippen molar-refractivity contribution in [2.24, 2.45) is 0 Å². The minimum absolute atomic E-state index is 0.00300. The fourth-order valence-corrected chi connectivity index (χ4v) is 3.03. The molecule has 2 aromatic rings. The number of hydrogen-bond acceptors (Lipinski definition) is 7. The van der Waals surface area contributed by atoms with E-state index >= 15 is 0 Å². The first-order chi connectivity index (χ1) is 13.0. The van der Waals surface area contributed by atoms with Crippen LogP contribution in [0.2, 0.25) is 0 Å². The molecule has 0 spiro atoms. The summed E-state index contributed by atoms with van der Waals surface area (Å²) in [5, 5.41) is 22.4. The summed E-state index contributed by atoms with van der Waals surface area (Å²) < 4.78 is 8.32. The summed E-state index contributed by atoms with van der Waals surface area (Å²) in [6.45, 7) is 7.94. The molecule has 0 aromatic carbocycles. The van der Waals surface area contributed by atoms with Gasteiger partial charge in [-0.15, -0.1) is 0 Å². The molecule has 27 heavy (non-hydrogen) atoms. The van der Waals surface area contributed by atoms with Crippen LogP contribution in [0.3, 0.4) is 0 Å². The molecule has 2 aromatic heterocycles. The van der Waals surface area contributed by atoms with Crippen LogP contribution < -0.4 is 5.32 Å². The van der Waals surface area contributed by atoms with Crippen LogP contribution in [-0.4, -0.2) is 74.7 Å². The minimum Gasteiger partial charge on any atom is -0.379 e. The van der Waals surface area contributed by atoms with Gasteiger partial charge < -0.3 is 10.1 Å². The van der Waals surface area contributed by atoms with Gasteiger partial charge in [0.2, 0.25) is 0 Å². The van der Waals surface area contributed by atoms with E-state index in [0.29, 0.717) is 23.6 Å². The Balaban J connectivity index is 1.55. The molecule has 11 heteroatoms. The lowest BCUT2D eigenvalue weighted by Gasteiger charge is -2.26. The Morgan fingerprint density at radius 1 is 1.33 bits per heavy atom. The number of hydrogen-bond donors (Lipinski definition) is 1. The fraction of sp³-hybridized carbons (Fsp3) is 0.562. The quantitative estimate of drug-likeness (QED) is 0.539. The van der Waals surface area contributed by atoms with Crippen molar-refractivity contribution in [1.29, 1.82) is 0 Å². The number of nitro groups is 1. The van der Waals surface area contributed by atoms with Gasteiger partial charge in [0, 0.05) is 32.4 Å². The summed E-state index contributed by atoms with van der Waals surface area (Å²) >= 11 is 0. The lowest BCUT2D eigenvalue weighted by Crippen LogP contribution is -2.41. The van der Waals surface area contributed by atoms with Crippen LogP contribution in [0, 0.1) is 24.0 Å². The van der Waals surface area contributed by atoms with E-state index in [-0.39, 0.29) is 18.3 Å². The monoisotopic (exact) mass is 377 g/mol. The second kappa shape index (κ2) is 8.27. The zero-order valence-electron chi connectivity index (χ0n) is 15.4. The van der Waals surface area contributed by atoms with Gasteiger partial charge in [-0.05, 0) is 19.9 Å². The van der Waals surface area contributed by atoms with Crippen LogP contribution in [0.25, 0.3) is 0 Å². The number of ether oxygens (including phenoxy) is 1. The van der Waals surface area contributed by atoms with E-state index < -0.39 is 4.92 Å². The number of aromatic nitrogens is 4. The summed E-state index contributed by atoms with van der Waals surface area (Å²) in [6, 6.07) is 1.62. The van der Waals surface area contributed by atoms with E-state index in [0.717, 1.165) is 32.8 Å². The summed E-state index contributed by atoms with van der Waals surface area (Å²) in [4.78, 5) is 25.1. The Morgan fingerprint density at radius 2 is 2.07 bits per heavy atom. The summed E-state index contributed by atoms with van der Waals surface area (Å²) in [5.74, 6) is -0.249. The molecule has 11 nitrogen and oxygen atoms in total. The third-order valence-electron chi connectivity index (χ3n) is 4.50. The van der Waals surface area contributed by atoms with Gasteiger partial charge in [0.05, 0.1) is 18.1 Å². The molecule has 1 aliphatic rings.